The van der Waals surface area contributed by atoms with Crippen LogP contribution in [0, 0.1) is 17.8 Å². The summed E-state index contributed by atoms with van der Waals surface area (Å²) >= 11 is 0. The minimum Gasteiger partial charge on any atom is -0.455 e. The van der Waals surface area contributed by atoms with E-state index >= 15 is 4.79 Å². The van der Waals surface area contributed by atoms with E-state index in [0.29, 0.717) is 36.9 Å². The number of anilines is 1. The summed E-state index contributed by atoms with van der Waals surface area (Å²) in [5.41, 5.74) is 0.0416. The molecule has 10 heteroatoms. The summed E-state index contributed by atoms with van der Waals surface area (Å²) in [4.78, 5) is 62.5. The molecular formula is C44H53N3O7. The Kier molecular flexibility index (Phi) is 11.7. The number of fused-ring (bicyclic) bond motifs is 2. The monoisotopic (exact) mass is 735 g/mol. The highest BCUT2D eigenvalue weighted by Gasteiger charge is 2.75. The highest BCUT2D eigenvalue weighted by Crippen LogP contribution is 2.59. The van der Waals surface area contributed by atoms with Crippen LogP contribution in [-0.4, -0.2) is 88.6 Å². The van der Waals surface area contributed by atoms with Crippen molar-refractivity contribution in [3.05, 3.63) is 104 Å². The van der Waals surface area contributed by atoms with Gasteiger partial charge in [0.1, 0.15) is 17.7 Å². The van der Waals surface area contributed by atoms with Crippen molar-refractivity contribution in [1.29, 1.82) is 0 Å². The molecule has 3 aliphatic rings. The van der Waals surface area contributed by atoms with Crippen LogP contribution in [0.1, 0.15) is 64.5 Å². The predicted molar refractivity (Wildman–Crippen MR) is 208 cm³/mol. The SMILES string of the molecule is C=CCCC(=O)N(C)[C@H](C)[C@H](OC(=O)[C@@H]1[C@H]2C(=O)N([C@@H](CO)CC(C)C)[C@H](C(=O)N(CC=C)c3ccc4ccccc4c3)[C@]23CC[C@H]1O3)c1ccccc1. The molecule has 3 fully saturated rings. The number of allylic oxidation sites excluding steroid dienone is 1. The normalized spacial score (nSPS) is 24.6. The van der Waals surface area contributed by atoms with Gasteiger partial charge in [0.25, 0.3) is 5.91 Å². The van der Waals surface area contributed by atoms with E-state index in [1.54, 1.807) is 29.0 Å². The van der Waals surface area contributed by atoms with Gasteiger partial charge in [-0.25, -0.2) is 0 Å². The Morgan fingerprint density at radius 1 is 1.02 bits per heavy atom. The molecule has 8 atom stereocenters. The Hall–Kier alpha value is -4.80. The Bertz CT molecular complexity index is 1880. The second-order valence-electron chi connectivity index (χ2n) is 15.4. The maximum atomic E-state index is 15.2. The van der Waals surface area contributed by atoms with Gasteiger partial charge in [0, 0.05) is 25.7 Å². The molecule has 2 bridgehead atoms. The number of aliphatic hydroxyl groups is 1. The molecule has 3 aromatic carbocycles. The van der Waals surface area contributed by atoms with Gasteiger partial charge >= 0.3 is 5.97 Å². The number of hydrogen-bond donors (Lipinski definition) is 1. The fourth-order valence-corrected chi connectivity index (χ4v) is 8.92. The number of aliphatic hydroxyl groups excluding tert-OH is 1. The van der Waals surface area contributed by atoms with Crippen molar-refractivity contribution in [2.75, 3.05) is 25.1 Å². The molecule has 0 aromatic heterocycles. The summed E-state index contributed by atoms with van der Waals surface area (Å²) in [6.45, 7) is 13.3. The van der Waals surface area contributed by atoms with Gasteiger partial charge in [-0.05, 0) is 67.0 Å². The van der Waals surface area contributed by atoms with Crippen molar-refractivity contribution in [3.8, 4) is 0 Å². The number of likely N-dealkylation sites (tertiary alicyclic amines) is 1. The largest absolute Gasteiger partial charge is 0.455 e. The third kappa shape index (κ3) is 7.09. The van der Waals surface area contributed by atoms with Crippen molar-refractivity contribution < 1.29 is 33.8 Å². The maximum Gasteiger partial charge on any atom is 0.313 e. The molecule has 1 spiro atoms. The van der Waals surface area contributed by atoms with E-state index < -0.39 is 59.6 Å². The first kappa shape index (κ1) is 38.9. The van der Waals surface area contributed by atoms with Crippen LogP contribution >= 0.6 is 0 Å². The molecule has 1 N–H and O–H groups in total. The molecule has 3 saturated heterocycles. The first-order valence-corrected chi connectivity index (χ1v) is 19.1. The zero-order valence-electron chi connectivity index (χ0n) is 31.8. The van der Waals surface area contributed by atoms with Gasteiger partial charge in [0.05, 0.1) is 36.6 Å². The van der Waals surface area contributed by atoms with Gasteiger partial charge in [-0.3, -0.25) is 19.2 Å². The Balaban J connectivity index is 1.38. The van der Waals surface area contributed by atoms with Crippen molar-refractivity contribution in [2.24, 2.45) is 17.8 Å². The standard InChI is InChI=1S/C44H53N3O7/c1-7-9-19-36(49)45(6)29(5)39(31-16-11-10-12-17-31)53-43(52)37-35-22-23-44(54-35)38(37)41(50)47(34(27-48)25-28(3)4)40(44)42(51)46(24-8-2)33-21-20-30-15-13-14-18-32(30)26-33/h7-8,10-18,20-21,26,28-29,34-35,37-40,48H,1-2,9,19,22-25,27H2,3-6H3/t29-,34-,35-,37+,38+,39+,40-,44+/m1/s1. The molecule has 3 heterocycles. The van der Waals surface area contributed by atoms with Crippen molar-refractivity contribution in [2.45, 2.75) is 88.8 Å². The average Bonchev–Trinajstić information content (AvgIpc) is 3.83. The topological polar surface area (TPSA) is 117 Å². The number of amides is 3. The smallest absolute Gasteiger partial charge is 0.313 e. The van der Waals surface area contributed by atoms with Crippen LogP contribution in [0.15, 0.2) is 98.1 Å². The predicted octanol–water partition coefficient (Wildman–Crippen LogP) is 6.24. The summed E-state index contributed by atoms with van der Waals surface area (Å²) in [5, 5.41) is 12.8. The van der Waals surface area contributed by atoms with Crippen LogP contribution in [0.4, 0.5) is 5.69 Å². The molecule has 3 aromatic rings. The summed E-state index contributed by atoms with van der Waals surface area (Å²) < 4.78 is 13.2. The molecule has 10 nitrogen and oxygen atoms in total. The summed E-state index contributed by atoms with van der Waals surface area (Å²) in [7, 11) is 1.69. The van der Waals surface area contributed by atoms with Gasteiger partial charge in [0.15, 0.2) is 0 Å². The fraction of sp³-hybridized carbons (Fsp3) is 0.455. The van der Waals surface area contributed by atoms with Crippen molar-refractivity contribution >= 4 is 40.2 Å². The number of ether oxygens (including phenoxy) is 2. The average molecular weight is 736 g/mol. The molecule has 3 aliphatic heterocycles. The summed E-state index contributed by atoms with van der Waals surface area (Å²) in [6.07, 6.45) is 3.95. The van der Waals surface area contributed by atoms with E-state index in [0.717, 1.165) is 10.8 Å². The van der Waals surface area contributed by atoms with E-state index in [9.17, 15) is 19.5 Å². The lowest BCUT2D eigenvalue weighted by molar-refractivity contribution is -0.165. The Labute approximate surface area is 318 Å². The highest BCUT2D eigenvalue weighted by atomic mass is 16.6. The molecule has 3 amide bonds. The number of esters is 1. The Morgan fingerprint density at radius 2 is 1.72 bits per heavy atom. The lowest BCUT2D eigenvalue weighted by atomic mass is 9.70. The van der Waals surface area contributed by atoms with Crippen LogP contribution in [0.2, 0.25) is 0 Å². The van der Waals surface area contributed by atoms with Gasteiger partial charge in [-0.1, -0.05) is 86.7 Å². The Morgan fingerprint density at radius 3 is 2.39 bits per heavy atom. The number of likely N-dealkylation sites (N-methyl/N-ethyl adjacent to an activating group) is 1. The van der Waals surface area contributed by atoms with E-state index in [1.807, 2.05) is 93.6 Å². The van der Waals surface area contributed by atoms with E-state index in [-0.39, 0.29) is 37.3 Å². The molecule has 0 unspecified atom stereocenters. The van der Waals surface area contributed by atoms with Gasteiger partial charge < -0.3 is 29.3 Å². The van der Waals surface area contributed by atoms with Gasteiger partial charge in [-0.2, -0.15) is 0 Å². The maximum absolute atomic E-state index is 15.2. The molecule has 0 radical (unpaired) electrons. The van der Waals surface area contributed by atoms with E-state index in [4.69, 9.17) is 9.47 Å². The minimum absolute atomic E-state index is 0.103. The fourth-order valence-electron chi connectivity index (χ4n) is 8.92. The van der Waals surface area contributed by atoms with E-state index in [2.05, 4.69) is 13.2 Å². The molecule has 0 saturated carbocycles. The number of hydrogen-bond acceptors (Lipinski definition) is 7. The second-order valence-corrected chi connectivity index (χ2v) is 15.4. The lowest BCUT2D eigenvalue weighted by Crippen LogP contribution is -2.59. The van der Waals surface area contributed by atoms with Crippen LogP contribution in [0.25, 0.3) is 10.8 Å². The third-order valence-corrected chi connectivity index (χ3v) is 11.6. The van der Waals surface area contributed by atoms with Crippen LogP contribution < -0.4 is 4.90 Å². The second kappa shape index (κ2) is 16.3. The van der Waals surface area contributed by atoms with E-state index in [1.165, 1.54) is 4.90 Å². The molecule has 6 rings (SSSR count). The number of rotatable bonds is 16. The number of nitrogens with zero attached hydrogens (tertiary/aromatic N) is 3. The van der Waals surface area contributed by atoms with Crippen LogP contribution in [0.3, 0.4) is 0 Å². The van der Waals surface area contributed by atoms with Gasteiger partial charge in [0.2, 0.25) is 11.8 Å². The quantitative estimate of drug-likeness (QED) is 0.137. The zero-order valence-corrected chi connectivity index (χ0v) is 31.8. The molecule has 286 valence electrons. The zero-order chi connectivity index (χ0) is 38.7. The lowest BCUT2D eigenvalue weighted by Gasteiger charge is -2.39. The van der Waals surface area contributed by atoms with Crippen molar-refractivity contribution in [1.82, 2.24) is 9.80 Å². The number of carbonyl (C=O) groups excluding carboxylic acids is 4. The minimum atomic E-state index is -1.31. The molecular weight excluding hydrogens is 682 g/mol. The summed E-state index contributed by atoms with van der Waals surface area (Å²) in [5.74, 6) is -3.35. The van der Waals surface area contributed by atoms with Crippen molar-refractivity contribution in [3.63, 3.8) is 0 Å². The third-order valence-electron chi connectivity index (χ3n) is 11.6. The number of benzene rings is 3. The number of carbonyl (C=O) groups is 4. The highest BCUT2D eigenvalue weighted by molar-refractivity contribution is 6.05. The first-order valence-electron chi connectivity index (χ1n) is 19.1. The first-order chi connectivity index (χ1) is 26.0. The molecule has 54 heavy (non-hydrogen) atoms. The van der Waals surface area contributed by atoms with Crippen LogP contribution in [-0.2, 0) is 28.7 Å². The van der Waals surface area contributed by atoms with Gasteiger partial charge in [-0.15, -0.1) is 13.2 Å². The van der Waals surface area contributed by atoms with Crippen LogP contribution in [0.5, 0.6) is 0 Å². The summed E-state index contributed by atoms with van der Waals surface area (Å²) in [6, 6.07) is 20.6. The molecule has 0 aliphatic carbocycles.